The molecule has 0 radical (unpaired) electrons. The molecule has 1 atom stereocenters. The van der Waals surface area contributed by atoms with Crippen molar-refractivity contribution < 1.29 is 14.3 Å². The van der Waals surface area contributed by atoms with Gasteiger partial charge in [-0.15, -0.1) is 11.3 Å². The Morgan fingerprint density at radius 2 is 1.82 bits per heavy atom. The Kier molecular flexibility index (Phi) is 9.04. The molecular weight excluding hydrogens is 510 g/mol. The largest absolute Gasteiger partial charge is 0.456 e. The summed E-state index contributed by atoms with van der Waals surface area (Å²) in [6.45, 7) is 7.57. The molecule has 206 valence electrons. The van der Waals surface area contributed by atoms with Gasteiger partial charge in [-0.25, -0.2) is 4.98 Å². The number of aromatic nitrogens is 1. The van der Waals surface area contributed by atoms with Crippen LogP contribution in [-0.4, -0.2) is 66.9 Å². The van der Waals surface area contributed by atoms with Crippen LogP contribution >= 0.6 is 11.3 Å². The second-order valence-electron chi connectivity index (χ2n) is 10.3. The second-order valence-corrected chi connectivity index (χ2v) is 11.4. The molecule has 2 amide bonds. The molecule has 1 aliphatic rings. The lowest BCUT2D eigenvalue weighted by Gasteiger charge is -2.21. The summed E-state index contributed by atoms with van der Waals surface area (Å²) in [5.74, 6) is 1.85. The van der Waals surface area contributed by atoms with E-state index in [1.54, 1.807) is 4.90 Å². The second kappa shape index (κ2) is 12.4. The minimum Gasteiger partial charge on any atom is -0.456 e. The Bertz CT molecular complexity index is 1340. The molecule has 2 N–H and O–H groups in total. The minimum atomic E-state index is -0.122. The van der Waals surface area contributed by atoms with Gasteiger partial charge in [-0.2, -0.15) is 0 Å². The van der Waals surface area contributed by atoms with Gasteiger partial charge >= 0.3 is 0 Å². The van der Waals surface area contributed by atoms with E-state index in [2.05, 4.69) is 20.5 Å². The van der Waals surface area contributed by atoms with Crippen LogP contribution in [0.1, 0.15) is 44.7 Å². The highest BCUT2D eigenvalue weighted by Crippen LogP contribution is 2.38. The van der Waals surface area contributed by atoms with Crippen LogP contribution in [0.2, 0.25) is 0 Å². The molecule has 1 aromatic carbocycles. The van der Waals surface area contributed by atoms with Crippen LogP contribution in [-0.2, 0) is 11.2 Å². The number of thiophene rings is 1. The summed E-state index contributed by atoms with van der Waals surface area (Å²) in [5.41, 5.74) is 3.70. The topological polar surface area (TPSA) is 86.8 Å². The van der Waals surface area contributed by atoms with Gasteiger partial charge in [0.15, 0.2) is 0 Å². The number of carbonyl (C=O) groups is 2. The summed E-state index contributed by atoms with van der Waals surface area (Å²) >= 11 is 1.44. The van der Waals surface area contributed by atoms with Crippen LogP contribution in [0.15, 0.2) is 48.5 Å². The van der Waals surface area contributed by atoms with E-state index in [0.29, 0.717) is 23.0 Å². The molecule has 0 saturated heterocycles. The monoisotopic (exact) mass is 547 g/mol. The van der Waals surface area contributed by atoms with Gasteiger partial charge in [0, 0.05) is 25.3 Å². The fraction of sp³-hybridized carbons (Fsp3) is 0.367. The number of carbonyl (C=O) groups excluding carboxylic acids is 2. The molecule has 1 aliphatic heterocycles. The average Bonchev–Trinajstić information content (AvgIpc) is 3.28. The summed E-state index contributed by atoms with van der Waals surface area (Å²) < 4.78 is 6.27. The molecule has 0 aliphatic carbocycles. The van der Waals surface area contributed by atoms with Crippen molar-refractivity contribution in [2.24, 2.45) is 0 Å². The fourth-order valence-electron chi connectivity index (χ4n) is 4.45. The van der Waals surface area contributed by atoms with Crippen LogP contribution in [0.4, 0.5) is 11.5 Å². The molecule has 0 bridgehead atoms. The van der Waals surface area contributed by atoms with Gasteiger partial charge in [-0.05, 0) is 95.4 Å². The van der Waals surface area contributed by atoms with E-state index >= 15 is 0 Å². The lowest BCUT2D eigenvalue weighted by molar-refractivity contribution is -0.115. The van der Waals surface area contributed by atoms with Gasteiger partial charge in [0.05, 0.1) is 21.9 Å². The first-order valence-corrected chi connectivity index (χ1v) is 13.9. The summed E-state index contributed by atoms with van der Waals surface area (Å²) in [7, 11) is 5.91. The first kappa shape index (κ1) is 28.3. The highest BCUT2D eigenvalue weighted by atomic mass is 32.1. The Hall–Kier alpha value is -3.69. The summed E-state index contributed by atoms with van der Waals surface area (Å²) in [6.07, 6.45) is 3.18. The number of amides is 2. The highest BCUT2D eigenvalue weighted by Gasteiger charge is 2.25. The summed E-state index contributed by atoms with van der Waals surface area (Å²) in [5, 5.41) is 6.31. The Balaban J connectivity index is 1.39. The zero-order chi connectivity index (χ0) is 28.1. The number of pyridine rings is 1. The molecule has 9 heteroatoms. The predicted molar refractivity (Wildman–Crippen MR) is 159 cm³/mol. The normalized spacial score (nSPS) is 14.3. The van der Waals surface area contributed by atoms with Crippen molar-refractivity contribution in [1.29, 1.82) is 0 Å². The number of rotatable bonds is 10. The lowest BCUT2D eigenvalue weighted by atomic mass is 10.1. The van der Waals surface area contributed by atoms with Crippen molar-refractivity contribution in [1.82, 2.24) is 14.8 Å². The maximum Gasteiger partial charge on any atom is 0.263 e. The molecule has 1 unspecified atom stereocenters. The number of ether oxygens (including phenoxy) is 1. The van der Waals surface area contributed by atoms with E-state index in [-0.39, 0.29) is 24.3 Å². The standard InChI is InChI=1S/C30H37N5O3S/c1-19-14-20(2)32-27(15-19)33-28(36)17-22-8-10-23(11-9-22)38-25-16-21(3)31-24-18-26(39-29(24)25)30(37)35(6)13-7-12-34(4)5/h8-11,14-16,18,21,31H,7,12-13,17H2,1-6H3,(H,32,33,36). The van der Waals surface area contributed by atoms with Crippen molar-refractivity contribution in [3.05, 3.63) is 75.1 Å². The highest BCUT2D eigenvalue weighted by molar-refractivity contribution is 7.15. The van der Waals surface area contributed by atoms with Gasteiger partial charge in [0.1, 0.15) is 17.3 Å². The first-order chi connectivity index (χ1) is 18.6. The first-order valence-electron chi connectivity index (χ1n) is 13.1. The molecule has 0 saturated carbocycles. The third-order valence-electron chi connectivity index (χ3n) is 6.28. The smallest absolute Gasteiger partial charge is 0.263 e. The maximum absolute atomic E-state index is 13.1. The molecular formula is C30H37N5O3S. The predicted octanol–water partition coefficient (Wildman–Crippen LogP) is 5.20. The minimum absolute atomic E-state index is 0.0145. The third-order valence-corrected chi connectivity index (χ3v) is 7.42. The van der Waals surface area contributed by atoms with Gasteiger partial charge in [0.2, 0.25) is 5.91 Å². The number of nitrogens with zero attached hydrogens (tertiary/aromatic N) is 3. The Labute approximate surface area is 234 Å². The van der Waals surface area contributed by atoms with E-state index in [9.17, 15) is 9.59 Å². The molecule has 3 heterocycles. The number of hydrogen-bond donors (Lipinski definition) is 2. The van der Waals surface area contributed by atoms with Crippen molar-refractivity contribution in [3.8, 4) is 5.75 Å². The molecule has 2 aromatic heterocycles. The number of anilines is 2. The van der Waals surface area contributed by atoms with Gasteiger partial charge in [-0.3, -0.25) is 9.59 Å². The number of benzene rings is 1. The van der Waals surface area contributed by atoms with E-state index < -0.39 is 0 Å². The molecule has 8 nitrogen and oxygen atoms in total. The molecule has 4 rings (SSSR count). The number of hydrogen-bond acceptors (Lipinski definition) is 7. The number of aryl methyl sites for hydroxylation is 2. The van der Waals surface area contributed by atoms with Crippen molar-refractivity contribution in [2.45, 2.75) is 39.7 Å². The van der Waals surface area contributed by atoms with Gasteiger partial charge in [0.25, 0.3) is 5.91 Å². The van der Waals surface area contributed by atoms with E-state index in [4.69, 9.17) is 4.74 Å². The van der Waals surface area contributed by atoms with Crippen LogP contribution in [0, 0.1) is 13.8 Å². The zero-order valence-electron chi connectivity index (χ0n) is 23.5. The van der Waals surface area contributed by atoms with Gasteiger partial charge in [-0.1, -0.05) is 12.1 Å². The van der Waals surface area contributed by atoms with E-state index in [1.165, 1.54) is 11.3 Å². The lowest BCUT2D eigenvalue weighted by Crippen LogP contribution is -2.29. The Morgan fingerprint density at radius 1 is 1.08 bits per heavy atom. The van der Waals surface area contributed by atoms with Crippen LogP contribution in [0.5, 0.6) is 5.75 Å². The van der Waals surface area contributed by atoms with E-state index in [1.807, 2.05) is 90.5 Å². The average molecular weight is 548 g/mol. The number of fused-ring (bicyclic) bond motifs is 1. The zero-order valence-corrected chi connectivity index (χ0v) is 24.3. The molecule has 0 fully saturated rings. The van der Waals surface area contributed by atoms with Crippen LogP contribution in [0.3, 0.4) is 0 Å². The van der Waals surface area contributed by atoms with Gasteiger partial charge < -0.3 is 25.2 Å². The molecule has 39 heavy (non-hydrogen) atoms. The quantitative estimate of drug-likeness (QED) is 0.363. The molecule has 3 aromatic rings. The van der Waals surface area contributed by atoms with Crippen molar-refractivity contribution >= 4 is 40.4 Å². The van der Waals surface area contributed by atoms with Crippen molar-refractivity contribution in [2.75, 3.05) is 44.9 Å². The summed E-state index contributed by atoms with van der Waals surface area (Å²) in [4.78, 5) is 35.5. The number of nitrogens with one attached hydrogen (secondary N) is 2. The van der Waals surface area contributed by atoms with Crippen LogP contribution in [0.25, 0.3) is 5.76 Å². The summed E-state index contributed by atoms with van der Waals surface area (Å²) in [6, 6.07) is 13.3. The van der Waals surface area contributed by atoms with E-state index in [0.717, 1.165) is 46.1 Å². The van der Waals surface area contributed by atoms with Crippen LogP contribution < -0.4 is 15.4 Å². The van der Waals surface area contributed by atoms with Crippen molar-refractivity contribution in [3.63, 3.8) is 0 Å². The SMILES string of the molecule is Cc1cc(C)nc(NC(=O)Cc2ccc(OC3=CC(C)Nc4cc(C(=O)N(C)CCCN(C)C)sc43)cc2)c1. The molecule has 0 spiro atoms. The third kappa shape index (κ3) is 7.68. The Morgan fingerprint density at radius 3 is 2.51 bits per heavy atom. The fourth-order valence-corrected chi connectivity index (χ4v) is 5.53. The maximum atomic E-state index is 13.1.